The number of carbonyl (C=O) groups is 2. The lowest BCUT2D eigenvalue weighted by Gasteiger charge is -2.29. The third kappa shape index (κ3) is 5.81. The Morgan fingerprint density at radius 3 is 2.88 bits per heavy atom. The van der Waals surface area contributed by atoms with Gasteiger partial charge >= 0.3 is 0 Å². The minimum absolute atomic E-state index is 0.0103. The van der Waals surface area contributed by atoms with Crippen LogP contribution in [-0.4, -0.2) is 57.5 Å². The Labute approximate surface area is 147 Å². The van der Waals surface area contributed by atoms with Crippen LogP contribution < -0.4 is 15.5 Å². The Bertz CT molecular complexity index is 554. The summed E-state index contributed by atoms with van der Waals surface area (Å²) in [5.74, 6) is 0.815. The monoisotopic (exact) mass is 351 g/mol. The molecule has 0 radical (unpaired) electrons. The molecule has 132 valence electrons. The highest BCUT2D eigenvalue weighted by atomic mass is 32.2. The van der Waals surface area contributed by atoms with Crippen LogP contribution in [0.15, 0.2) is 29.2 Å². The molecule has 0 unspecified atom stereocenters. The molecule has 1 aliphatic rings. The third-order valence-corrected chi connectivity index (χ3v) is 4.75. The third-order valence-electron chi connectivity index (χ3n) is 3.70. The van der Waals surface area contributed by atoms with Crippen LogP contribution in [-0.2, 0) is 14.3 Å². The van der Waals surface area contributed by atoms with E-state index in [1.807, 2.05) is 24.3 Å². The minimum Gasteiger partial charge on any atom is -0.383 e. The molecule has 6 nitrogen and oxygen atoms in total. The van der Waals surface area contributed by atoms with Gasteiger partial charge in [0.2, 0.25) is 11.8 Å². The maximum absolute atomic E-state index is 12.4. The molecule has 7 heteroatoms. The van der Waals surface area contributed by atoms with Crippen LogP contribution >= 0.6 is 11.8 Å². The standard InChI is InChI=1S/C17H25N3O3S/c1-23-12-10-18-8-9-19-16(21)6-7-17(22)20-11-13-24-15-5-3-2-4-14(15)20/h2-5,18H,6-13H2,1H3,(H,19,21). The zero-order chi connectivity index (χ0) is 17.2. The summed E-state index contributed by atoms with van der Waals surface area (Å²) < 4.78 is 4.92. The molecule has 0 aromatic heterocycles. The van der Waals surface area contributed by atoms with E-state index in [1.165, 1.54) is 0 Å². The Morgan fingerprint density at radius 1 is 1.21 bits per heavy atom. The maximum Gasteiger partial charge on any atom is 0.227 e. The number of ether oxygens (including phenoxy) is 1. The average Bonchev–Trinajstić information content (AvgIpc) is 2.62. The molecule has 0 spiro atoms. The molecule has 0 atom stereocenters. The Hall–Kier alpha value is -1.57. The first kappa shape index (κ1) is 18.8. The lowest BCUT2D eigenvalue weighted by atomic mass is 10.2. The number of carbonyl (C=O) groups excluding carboxylic acids is 2. The highest BCUT2D eigenvalue weighted by Crippen LogP contribution is 2.34. The molecule has 2 amide bonds. The maximum atomic E-state index is 12.4. The van der Waals surface area contributed by atoms with Gasteiger partial charge in [-0.3, -0.25) is 9.59 Å². The molecule has 24 heavy (non-hydrogen) atoms. The molecule has 0 saturated carbocycles. The number of hydrogen-bond acceptors (Lipinski definition) is 5. The lowest BCUT2D eigenvalue weighted by molar-refractivity contribution is -0.125. The van der Waals surface area contributed by atoms with Crippen molar-refractivity contribution < 1.29 is 14.3 Å². The van der Waals surface area contributed by atoms with Crippen molar-refractivity contribution in [3.63, 3.8) is 0 Å². The van der Waals surface area contributed by atoms with Gasteiger partial charge in [-0.1, -0.05) is 12.1 Å². The number of nitrogens with one attached hydrogen (secondary N) is 2. The first-order valence-corrected chi connectivity index (χ1v) is 9.19. The van der Waals surface area contributed by atoms with Gasteiger partial charge in [0.15, 0.2) is 0 Å². The second-order valence-electron chi connectivity index (χ2n) is 5.45. The zero-order valence-electron chi connectivity index (χ0n) is 14.0. The largest absolute Gasteiger partial charge is 0.383 e. The van der Waals surface area contributed by atoms with Gasteiger partial charge in [-0.15, -0.1) is 11.8 Å². The summed E-state index contributed by atoms with van der Waals surface area (Å²) in [5, 5.41) is 5.97. The summed E-state index contributed by atoms with van der Waals surface area (Å²) in [6, 6.07) is 7.91. The smallest absolute Gasteiger partial charge is 0.227 e. The molecule has 1 heterocycles. The quantitative estimate of drug-likeness (QED) is 0.656. The molecule has 0 saturated heterocycles. The first-order chi connectivity index (χ1) is 11.7. The number of amides is 2. The van der Waals surface area contributed by atoms with Gasteiger partial charge in [0, 0.05) is 56.8 Å². The van der Waals surface area contributed by atoms with Crippen LogP contribution in [0.5, 0.6) is 0 Å². The summed E-state index contributed by atoms with van der Waals surface area (Å²) in [7, 11) is 1.65. The molecule has 1 aliphatic heterocycles. The normalized spacial score (nSPS) is 13.5. The van der Waals surface area contributed by atoms with Gasteiger partial charge in [0.1, 0.15) is 0 Å². The van der Waals surface area contributed by atoms with Gasteiger partial charge in [0.05, 0.1) is 12.3 Å². The molecule has 1 aromatic rings. The topological polar surface area (TPSA) is 70.7 Å². The van der Waals surface area contributed by atoms with Gasteiger partial charge in [-0.05, 0) is 12.1 Å². The predicted molar refractivity (Wildman–Crippen MR) is 96.5 cm³/mol. The van der Waals surface area contributed by atoms with E-state index in [0.717, 1.165) is 22.9 Å². The molecule has 2 rings (SSSR count). The van der Waals surface area contributed by atoms with Crippen molar-refractivity contribution in [2.75, 3.05) is 50.5 Å². The van der Waals surface area contributed by atoms with Crippen molar-refractivity contribution in [1.82, 2.24) is 10.6 Å². The number of methoxy groups -OCH3 is 1. The fourth-order valence-electron chi connectivity index (χ4n) is 2.46. The summed E-state index contributed by atoms with van der Waals surface area (Å²) in [4.78, 5) is 27.2. The highest BCUT2D eigenvalue weighted by Gasteiger charge is 2.22. The number of thioether (sulfide) groups is 1. The Balaban J connectivity index is 1.69. The van der Waals surface area contributed by atoms with Crippen molar-refractivity contribution >= 4 is 29.3 Å². The second kappa shape index (κ2) is 10.3. The molecule has 0 aliphatic carbocycles. The average molecular weight is 351 g/mol. The Kier molecular flexibility index (Phi) is 8.07. The first-order valence-electron chi connectivity index (χ1n) is 8.21. The summed E-state index contributed by atoms with van der Waals surface area (Å²) in [6.45, 7) is 3.36. The number of hydrogen-bond donors (Lipinski definition) is 2. The van der Waals surface area contributed by atoms with Crippen LogP contribution in [0, 0.1) is 0 Å². The van der Waals surface area contributed by atoms with Crippen molar-refractivity contribution in [1.29, 1.82) is 0 Å². The second-order valence-corrected chi connectivity index (χ2v) is 6.59. The van der Waals surface area contributed by atoms with Gasteiger partial charge in [-0.2, -0.15) is 0 Å². The van der Waals surface area contributed by atoms with E-state index in [-0.39, 0.29) is 24.7 Å². The van der Waals surface area contributed by atoms with E-state index in [2.05, 4.69) is 10.6 Å². The van der Waals surface area contributed by atoms with Gasteiger partial charge in [-0.25, -0.2) is 0 Å². The fraction of sp³-hybridized carbons (Fsp3) is 0.529. The molecular weight excluding hydrogens is 326 g/mol. The number of rotatable bonds is 9. The molecular formula is C17H25N3O3S. The number of para-hydroxylation sites is 1. The van der Waals surface area contributed by atoms with Crippen LogP contribution in [0.4, 0.5) is 5.69 Å². The summed E-state index contributed by atoms with van der Waals surface area (Å²) in [5.41, 5.74) is 0.960. The van der Waals surface area contributed by atoms with E-state index >= 15 is 0 Å². The van der Waals surface area contributed by atoms with Crippen molar-refractivity contribution in [3.8, 4) is 0 Å². The van der Waals surface area contributed by atoms with Crippen LogP contribution in [0.3, 0.4) is 0 Å². The zero-order valence-corrected chi connectivity index (χ0v) is 14.9. The van der Waals surface area contributed by atoms with Crippen molar-refractivity contribution in [3.05, 3.63) is 24.3 Å². The number of benzene rings is 1. The van der Waals surface area contributed by atoms with Crippen LogP contribution in [0.1, 0.15) is 12.8 Å². The van der Waals surface area contributed by atoms with Crippen LogP contribution in [0.25, 0.3) is 0 Å². The molecule has 2 N–H and O–H groups in total. The van der Waals surface area contributed by atoms with Crippen LogP contribution in [0.2, 0.25) is 0 Å². The fourth-order valence-corrected chi connectivity index (χ4v) is 3.46. The summed E-state index contributed by atoms with van der Waals surface area (Å²) >= 11 is 1.76. The van der Waals surface area contributed by atoms with E-state index in [9.17, 15) is 9.59 Å². The number of fused-ring (bicyclic) bond motifs is 1. The minimum atomic E-state index is -0.0865. The Morgan fingerprint density at radius 2 is 2.04 bits per heavy atom. The van der Waals surface area contributed by atoms with E-state index < -0.39 is 0 Å². The van der Waals surface area contributed by atoms with E-state index in [4.69, 9.17) is 4.74 Å². The predicted octanol–water partition coefficient (Wildman–Crippen LogP) is 1.26. The van der Waals surface area contributed by atoms with Crippen molar-refractivity contribution in [2.24, 2.45) is 0 Å². The number of anilines is 1. The highest BCUT2D eigenvalue weighted by molar-refractivity contribution is 7.99. The van der Waals surface area contributed by atoms with E-state index in [1.54, 1.807) is 23.8 Å². The molecule has 0 fully saturated rings. The molecule has 1 aromatic carbocycles. The summed E-state index contributed by atoms with van der Waals surface area (Å²) in [6.07, 6.45) is 0.463. The van der Waals surface area contributed by atoms with Gasteiger partial charge < -0.3 is 20.3 Å². The molecule has 0 bridgehead atoms. The number of nitrogens with zero attached hydrogens (tertiary/aromatic N) is 1. The lowest BCUT2D eigenvalue weighted by Crippen LogP contribution is -2.37. The van der Waals surface area contributed by atoms with Crippen molar-refractivity contribution in [2.45, 2.75) is 17.7 Å². The van der Waals surface area contributed by atoms with E-state index in [0.29, 0.717) is 26.2 Å². The SMILES string of the molecule is COCCNCCNC(=O)CCC(=O)N1CCSc2ccccc21. The van der Waals surface area contributed by atoms with Gasteiger partial charge in [0.25, 0.3) is 0 Å².